The summed E-state index contributed by atoms with van der Waals surface area (Å²) in [6, 6.07) is 0.422. The average Bonchev–Trinajstić information content (AvgIpc) is 2.88. The van der Waals surface area contributed by atoms with Crippen molar-refractivity contribution in [1.82, 2.24) is 14.7 Å². The number of carbonyl (C=O) groups is 2. The first kappa shape index (κ1) is 18.7. The zero-order chi connectivity index (χ0) is 18.8. The maximum absolute atomic E-state index is 12.9. The summed E-state index contributed by atoms with van der Waals surface area (Å²) in [6.07, 6.45) is -2.96. The van der Waals surface area contributed by atoms with Crippen molar-refractivity contribution in [2.45, 2.75) is 32.0 Å². The quantitative estimate of drug-likeness (QED) is 0.725. The minimum atomic E-state index is -4.61. The van der Waals surface area contributed by atoms with Gasteiger partial charge in [-0.2, -0.15) is 13.2 Å². The second kappa shape index (κ2) is 7.09. The number of halogens is 3. The molecular weight excluding hydrogens is 343 g/mol. The van der Waals surface area contributed by atoms with E-state index >= 15 is 0 Å². The number of nitrogens with one attached hydrogen (secondary N) is 1. The number of carbonyl (C=O) groups excluding carboxylic acids is 1. The number of aromatic nitrogens is 2. The maximum atomic E-state index is 12.9. The summed E-state index contributed by atoms with van der Waals surface area (Å²) in [5.74, 6) is -2.38. The van der Waals surface area contributed by atoms with Crippen LogP contribution in [0.3, 0.4) is 0 Å². The Hall–Kier alpha value is -2.62. The molecule has 0 aromatic carbocycles. The molecule has 1 amide bonds. The predicted octanol–water partition coefficient (Wildman–Crippen LogP) is 1.48. The lowest BCUT2D eigenvalue weighted by Gasteiger charge is -2.13. The molecule has 25 heavy (non-hydrogen) atoms. The number of nitrogens with zero attached hydrogens (tertiary/aromatic N) is 2. The minimum absolute atomic E-state index is 0.137. The van der Waals surface area contributed by atoms with E-state index < -0.39 is 36.3 Å². The summed E-state index contributed by atoms with van der Waals surface area (Å²) in [6.45, 7) is 0.954. The Balaban J connectivity index is 2.55. The molecule has 7 nitrogen and oxygen atoms in total. The molecule has 0 saturated heterocycles. The van der Waals surface area contributed by atoms with E-state index in [2.05, 4.69) is 10.3 Å². The highest BCUT2D eigenvalue weighted by Gasteiger charge is 2.32. The number of hydrogen-bond donors (Lipinski definition) is 3. The number of aliphatic carboxylic acids is 1. The van der Waals surface area contributed by atoms with Crippen LogP contribution >= 0.6 is 0 Å². The van der Waals surface area contributed by atoms with Gasteiger partial charge in [-0.1, -0.05) is 13.3 Å². The van der Waals surface area contributed by atoms with E-state index in [0.29, 0.717) is 12.8 Å². The Bertz CT molecular complexity index is 801. The highest BCUT2D eigenvalue weighted by Crippen LogP contribution is 2.30. The standard InChI is InChI=1S/C15H16F3N3O4/c1-2-3-9-12(13(23)20-10(7-22)14(24)25)21-6-8(15(16,17)18)4-5-11(21)19-9/h4-6,10,22H,2-3,7H2,1H3,(H,20,23)(H,24,25). The zero-order valence-corrected chi connectivity index (χ0v) is 13.2. The lowest BCUT2D eigenvalue weighted by atomic mass is 10.2. The topological polar surface area (TPSA) is 104 Å². The van der Waals surface area contributed by atoms with Crippen molar-refractivity contribution in [2.24, 2.45) is 0 Å². The molecule has 1 unspecified atom stereocenters. The van der Waals surface area contributed by atoms with Gasteiger partial charge in [-0.05, 0) is 18.6 Å². The molecule has 10 heteroatoms. The summed E-state index contributed by atoms with van der Waals surface area (Å²) in [7, 11) is 0. The summed E-state index contributed by atoms with van der Waals surface area (Å²) in [5.41, 5.74) is -0.757. The maximum Gasteiger partial charge on any atom is 0.417 e. The number of carboxylic acid groups (broad SMARTS) is 1. The van der Waals surface area contributed by atoms with Gasteiger partial charge in [-0.25, -0.2) is 9.78 Å². The molecule has 2 heterocycles. The molecule has 0 aliphatic rings. The third kappa shape index (κ3) is 3.90. The Morgan fingerprint density at radius 2 is 2.04 bits per heavy atom. The Morgan fingerprint density at radius 1 is 1.36 bits per heavy atom. The van der Waals surface area contributed by atoms with Gasteiger partial charge in [0.15, 0.2) is 6.04 Å². The van der Waals surface area contributed by atoms with Crippen LogP contribution in [0.1, 0.15) is 35.1 Å². The highest BCUT2D eigenvalue weighted by atomic mass is 19.4. The van der Waals surface area contributed by atoms with Crippen LogP contribution in [0, 0.1) is 0 Å². The molecule has 1 atom stereocenters. The molecule has 0 radical (unpaired) electrons. The largest absolute Gasteiger partial charge is 0.480 e. The molecule has 0 saturated carbocycles. The van der Waals surface area contributed by atoms with Crippen molar-refractivity contribution >= 4 is 17.5 Å². The molecule has 136 valence electrons. The second-order valence-electron chi connectivity index (χ2n) is 5.35. The predicted molar refractivity (Wildman–Crippen MR) is 80.2 cm³/mol. The molecule has 0 bridgehead atoms. The Kier molecular flexibility index (Phi) is 5.31. The molecule has 0 fully saturated rings. The van der Waals surface area contributed by atoms with E-state index in [1.807, 2.05) is 0 Å². The number of aliphatic hydroxyl groups excluding tert-OH is 1. The number of imidazole rings is 1. The first-order valence-electron chi connectivity index (χ1n) is 7.41. The number of rotatable bonds is 6. The molecule has 2 aromatic heterocycles. The van der Waals surface area contributed by atoms with Crippen LogP contribution < -0.4 is 5.32 Å². The number of carboxylic acids is 1. The van der Waals surface area contributed by atoms with Crippen molar-refractivity contribution in [2.75, 3.05) is 6.61 Å². The third-order valence-corrected chi connectivity index (χ3v) is 3.51. The number of alkyl halides is 3. The number of fused-ring (bicyclic) bond motifs is 1. The number of pyridine rings is 1. The first-order chi connectivity index (χ1) is 11.7. The van der Waals surface area contributed by atoms with E-state index in [1.54, 1.807) is 6.92 Å². The van der Waals surface area contributed by atoms with Gasteiger partial charge in [0.2, 0.25) is 0 Å². The van der Waals surface area contributed by atoms with E-state index in [1.165, 1.54) is 0 Å². The normalized spacial score (nSPS) is 13.0. The first-order valence-corrected chi connectivity index (χ1v) is 7.41. The third-order valence-electron chi connectivity index (χ3n) is 3.51. The lowest BCUT2D eigenvalue weighted by Crippen LogP contribution is -2.44. The lowest BCUT2D eigenvalue weighted by molar-refractivity contribution is -0.140. The fourth-order valence-electron chi connectivity index (χ4n) is 2.32. The van der Waals surface area contributed by atoms with Gasteiger partial charge in [0.25, 0.3) is 5.91 Å². The minimum Gasteiger partial charge on any atom is -0.480 e. The van der Waals surface area contributed by atoms with Crippen molar-refractivity contribution in [3.05, 3.63) is 35.3 Å². The van der Waals surface area contributed by atoms with Gasteiger partial charge in [0.1, 0.15) is 11.3 Å². The fourth-order valence-corrected chi connectivity index (χ4v) is 2.32. The monoisotopic (exact) mass is 359 g/mol. The second-order valence-corrected chi connectivity index (χ2v) is 5.35. The van der Waals surface area contributed by atoms with Gasteiger partial charge in [0.05, 0.1) is 17.9 Å². The van der Waals surface area contributed by atoms with E-state index in [4.69, 9.17) is 10.2 Å². The summed E-state index contributed by atoms with van der Waals surface area (Å²) in [5, 5.41) is 20.0. The highest BCUT2D eigenvalue weighted by molar-refractivity contribution is 5.97. The SMILES string of the molecule is CCCc1nc2ccc(C(F)(F)F)cn2c1C(=O)NC(CO)C(=O)O. The van der Waals surface area contributed by atoms with Gasteiger partial charge in [0, 0.05) is 6.20 Å². The van der Waals surface area contributed by atoms with Gasteiger partial charge in [-0.15, -0.1) is 0 Å². The van der Waals surface area contributed by atoms with E-state index in [9.17, 15) is 22.8 Å². The summed E-state index contributed by atoms with van der Waals surface area (Å²) < 4.78 is 39.8. The van der Waals surface area contributed by atoms with Crippen molar-refractivity contribution < 1.29 is 33.0 Å². The van der Waals surface area contributed by atoms with Crippen molar-refractivity contribution in [1.29, 1.82) is 0 Å². The van der Waals surface area contributed by atoms with Crippen molar-refractivity contribution in [3.63, 3.8) is 0 Å². The van der Waals surface area contributed by atoms with Gasteiger partial charge < -0.3 is 15.5 Å². The Labute approximate surface area is 140 Å². The smallest absolute Gasteiger partial charge is 0.417 e. The van der Waals surface area contributed by atoms with Crippen LogP contribution in [0.15, 0.2) is 18.3 Å². The zero-order valence-electron chi connectivity index (χ0n) is 13.2. The fraction of sp³-hybridized carbons (Fsp3) is 0.400. The van der Waals surface area contributed by atoms with Crippen LogP contribution in [0.4, 0.5) is 13.2 Å². The van der Waals surface area contributed by atoms with Crippen LogP contribution in [0.5, 0.6) is 0 Å². The number of aliphatic hydroxyl groups is 1. The van der Waals surface area contributed by atoms with Gasteiger partial charge >= 0.3 is 12.1 Å². The van der Waals surface area contributed by atoms with Crippen molar-refractivity contribution in [3.8, 4) is 0 Å². The number of hydrogen-bond acceptors (Lipinski definition) is 4. The van der Waals surface area contributed by atoms with Crippen LogP contribution in [0.25, 0.3) is 5.65 Å². The molecule has 0 aliphatic carbocycles. The number of amides is 1. The summed E-state index contributed by atoms with van der Waals surface area (Å²) in [4.78, 5) is 27.5. The molecule has 0 spiro atoms. The van der Waals surface area contributed by atoms with E-state index in [-0.39, 0.29) is 17.0 Å². The van der Waals surface area contributed by atoms with Crippen LogP contribution in [-0.4, -0.2) is 44.1 Å². The van der Waals surface area contributed by atoms with Crippen LogP contribution in [0.2, 0.25) is 0 Å². The molecule has 2 aromatic rings. The molecule has 0 aliphatic heterocycles. The summed E-state index contributed by atoms with van der Waals surface area (Å²) >= 11 is 0. The van der Waals surface area contributed by atoms with Gasteiger partial charge in [-0.3, -0.25) is 9.20 Å². The van der Waals surface area contributed by atoms with E-state index in [0.717, 1.165) is 22.7 Å². The molecule has 3 N–H and O–H groups in total. The number of aryl methyl sites for hydroxylation is 1. The molecular formula is C15H16F3N3O4. The molecule has 2 rings (SSSR count). The van der Waals surface area contributed by atoms with Crippen LogP contribution in [-0.2, 0) is 17.4 Å². The average molecular weight is 359 g/mol. The Morgan fingerprint density at radius 3 is 2.56 bits per heavy atom.